The second kappa shape index (κ2) is 8.55. The SMILES string of the molecule is CCN(Cc1cccc(C#N)c1)Cc1nc2cc(OC)c(OC)cc2c(=O)[nH]1. The molecule has 28 heavy (non-hydrogen) atoms. The highest BCUT2D eigenvalue weighted by Gasteiger charge is 2.13. The summed E-state index contributed by atoms with van der Waals surface area (Å²) >= 11 is 0. The summed E-state index contributed by atoms with van der Waals surface area (Å²) in [6.07, 6.45) is 0. The zero-order valence-electron chi connectivity index (χ0n) is 16.2. The van der Waals surface area contributed by atoms with Crippen LogP contribution in [0.1, 0.15) is 23.9 Å². The molecule has 0 aliphatic carbocycles. The molecule has 0 radical (unpaired) electrons. The van der Waals surface area contributed by atoms with Gasteiger partial charge in [-0.3, -0.25) is 9.69 Å². The summed E-state index contributed by atoms with van der Waals surface area (Å²) in [5, 5.41) is 9.52. The monoisotopic (exact) mass is 378 g/mol. The van der Waals surface area contributed by atoms with Gasteiger partial charge < -0.3 is 14.5 Å². The number of methoxy groups -OCH3 is 2. The molecule has 0 bridgehead atoms. The van der Waals surface area contributed by atoms with Crippen molar-refractivity contribution < 1.29 is 9.47 Å². The quantitative estimate of drug-likeness (QED) is 0.680. The molecular weight excluding hydrogens is 356 g/mol. The predicted octanol–water partition coefficient (Wildman–Crippen LogP) is 2.83. The van der Waals surface area contributed by atoms with Crippen LogP contribution in [0.3, 0.4) is 0 Å². The first-order valence-electron chi connectivity index (χ1n) is 8.94. The topological polar surface area (TPSA) is 91.2 Å². The third kappa shape index (κ3) is 4.13. The highest BCUT2D eigenvalue weighted by Crippen LogP contribution is 2.29. The molecule has 1 N–H and O–H groups in total. The summed E-state index contributed by atoms with van der Waals surface area (Å²) in [6, 6.07) is 13.0. The molecule has 3 aromatic rings. The van der Waals surface area contributed by atoms with E-state index < -0.39 is 0 Å². The van der Waals surface area contributed by atoms with Crippen LogP contribution in [0.25, 0.3) is 10.9 Å². The molecule has 0 amide bonds. The van der Waals surface area contributed by atoms with Crippen LogP contribution in [0.5, 0.6) is 11.5 Å². The lowest BCUT2D eigenvalue weighted by Gasteiger charge is -2.20. The molecule has 0 saturated carbocycles. The van der Waals surface area contributed by atoms with Crippen molar-refractivity contribution in [2.45, 2.75) is 20.0 Å². The number of nitriles is 1. The maximum atomic E-state index is 12.5. The van der Waals surface area contributed by atoms with Crippen molar-refractivity contribution in [3.63, 3.8) is 0 Å². The van der Waals surface area contributed by atoms with Gasteiger partial charge in [-0.05, 0) is 30.3 Å². The van der Waals surface area contributed by atoms with E-state index in [0.717, 1.165) is 12.1 Å². The second-order valence-electron chi connectivity index (χ2n) is 6.35. The number of hydrogen-bond acceptors (Lipinski definition) is 6. The molecule has 0 fully saturated rings. The van der Waals surface area contributed by atoms with Gasteiger partial charge in [-0.25, -0.2) is 4.98 Å². The van der Waals surface area contributed by atoms with Crippen LogP contribution in [0.15, 0.2) is 41.2 Å². The molecule has 2 aromatic carbocycles. The van der Waals surface area contributed by atoms with Gasteiger partial charge >= 0.3 is 0 Å². The minimum Gasteiger partial charge on any atom is -0.493 e. The van der Waals surface area contributed by atoms with E-state index in [2.05, 4.69) is 20.9 Å². The molecule has 0 aliphatic heterocycles. The van der Waals surface area contributed by atoms with E-state index in [9.17, 15) is 4.79 Å². The van der Waals surface area contributed by atoms with E-state index in [4.69, 9.17) is 14.7 Å². The lowest BCUT2D eigenvalue weighted by atomic mass is 10.1. The standard InChI is InChI=1S/C21H22N4O3/c1-4-25(12-15-7-5-6-14(8-15)11-22)13-20-23-17-10-19(28-3)18(27-2)9-16(17)21(26)24-20/h5-10H,4,12-13H2,1-3H3,(H,23,24,26). The number of H-pyrrole nitrogens is 1. The number of rotatable bonds is 7. The van der Waals surface area contributed by atoms with Gasteiger partial charge in [-0.15, -0.1) is 0 Å². The van der Waals surface area contributed by atoms with E-state index in [1.807, 2.05) is 25.1 Å². The van der Waals surface area contributed by atoms with Gasteiger partial charge in [0.05, 0.1) is 43.3 Å². The molecule has 3 rings (SSSR count). The van der Waals surface area contributed by atoms with Gasteiger partial charge in [0.15, 0.2) is 11.5 Å². The summed E-state index contributed by atoms with van der Waals surface area (Å²) in [5.41, 5.74) is 2.00. The third-order valence-electron chi connectivity index (χ3n) is 4.54. The lowest BCUT2D eigenvalue weighted by molar-refractivity contribution is 0.264. The summed E-state index contributed by atoms with van der Waals surface area (Å²) in [5.74, 6) is 1.59. The number of nitrogens with zero attached hydrogens (tertiary/aromatic N) is 3. The Balaban J connectivity index is 1.89. The zero-order valence-corrected chi connectivity index (χ0v) is 16.2. The fourth-order valence-corrected chi connectivity index (χ4v) is 3.08. The Hall–Kier alpha value is -3.37. The van der Waals surface area contributed by atoms with Crippen LogP contribution >= 0.6 is 0 Å². The van der Waals surface area contributed by atoms with Crippen molar-refractivity contribution in [2.24, 2.45) is 0 Å². The second-order valence-corrected chi connectivity index (χ2v) is 6.35. The van der Waals surface area contributed by atoms with E-state index in [0.29, 0.717) is 46.9 Å². The van der Waals surface area contributed by atoms with Crippen molar-refractivity contribution in [1.82, 2.24) is 14.9 Å². The molecule has 7 heteroatoms. The molecule has 0 saturated heterocycles. The Morgan fingerprint density at radius 3 is 2.57 bits per heavy atom. The van der Waals surface area contributed by atoms with Crippen molar-refractivity contribution in [3.8, 4) is 17.6 Å². The molecular formula is C21H22N4O3. The minimum atomic E-state index is -0.219. The molecule has 0 unspecified atom stereocenters. The Morgan fingerprint density at radius 2 is 1.89 bits per heavy atom. The van der Waals surface area contributed by atoms with E-state index in [1.54, 1.807) is 25.3 Å². The molecule has 7 nitrogen and oxygen atoms in total. The van der Waals surface area contributed by atoms with Crippen LogP contribution < -0.4 is 15.0 Å². The number of ether oxygens (including phenoxy) is 2. The summed E-state index contributed by atoms with van der Waals surface area (Å²) < 4.78 is 10.6. The molecule has 1 aromatic heterocycles. The minimum absolute atomic E-state index is 0.219. The van der Waals surface area contributed by atoms with Crippen molar-refractivity contribution >= 4 is 10.9 Å². The number of benzene rings is 2. The number of hydrogen-bond donors (Lipinski definition) is 1. The van der Waals surface area contributed by atoms with Crippen LogP contribution in [0, 0.1) is 11.3 Å². The molecule has 0 spiro atoms. The zero-order chi connectivity index (χ0) is 20.1. The van der Waals surface area contributed by atoms with E-state index in [-0.39, 0.29) is 5.56 Å². The summed E-state index contributed by atoms with van der Waals surface area (Å²) in [6.45, 7) is 3.94. The smallest absolute Gasteiger partial charge is 0.258 e. The average Bonchev–Trinajstić information content (AvgIpc) is 2.72. The van der Waals surface area contributed by atoms with Gasteiger partial charge in [0.2, 0.25) is 0 Å². The largest absolute Gasteiger partial charge is 0.493 e. The maximum Gasteiger partial charge on any atom is 0.258 e. The van der Waals surface area contributed by atoms with Crippen LogP contribution in [0.2, 0.25) is 0 Å². The molecule has 0 atom stereocenters. The maximum absolute atomic E-state index is 12.5. The first-order chi connectivity index (χ1) is 13.6. The first-order valence-corrected chi connectivity index (χ1v) is 8.94. The van der Waals surface area contributed by atoms with Crippen molar-refractivity contribution in [1.29, 1.82) is 5.26 Å². The summed E-state index contributed by atoms with van der Waals surface area (Å²) in [7, 11) is 3.08. The fourth-order valence-electron chi connectivity index (χ4n) is 3.08. The normalized spacial score (nSPS) is 10.8. The molecule has 0 aliphatic rings. The van der Waals surface area contributed by atoms with Gasteiger partial charge in [-0.1, -0.05) is 19.1 Å². The Kier molecular flexibility index (Phi) is 5.92. The fraction of sp³-hybridized carbons (Fsp3) is 0.286. The number of nitrogens with one attached hydrogen (secondary N) is 1. The van der Waals surface area contributed by atoms with Crippen molar-refractivity contribution in [2.75, 3.05) is 20.8 Å². The number of fused-ring (bicyclic) bond motifs is 1. The Bertz CT molecular complexity index is 1090. The van der Waals surface area contributed by atoms with Gasteiger partial charge in [0.25, 0.3) is 5.56 Å². The molecule has 144 valence electrons. The van der Waals surface area contributed by atoms with E-state index >= 15 is 0 Å². The average molecular weight is 378 g/mol. The van der Waals surface area contributed by atoms with Gasteiger partial charge in [-0.2, -0.15) is 5.26 Å². The van der Waals surface area contributed by atoms with Crippen LogP contribution in [-0.2, 0) is 13.1 Å². The number of aromatic nitrogens is 2. The van der Waals surface area contributed by atoms with Gasteiger partial charge in [0, 0.05) is 12.6 Å². The summed E-state index contributed by atoms with van der Waals surface area (Å²) in [4.78, 5) is 22.1. The lowest BCUT2D eigenvalue weighted by Crippen LogP contribution is -2.25. The Morgan fingerprint density at radius 1 is 1.14 bits per heavy atom. The first kappa shape index (κ1) is 19.4. The highest BCUT2D eigenvalue weighted by molar-refractivity contribution is 5.81. The number of aromatic amines is 1. The Labute approximate surface area is 163 Å². The third-order valence-corrected chi connectivity index (χ3v) is 4.54. The van der Waals surface area contributed by atoms with E-state index in [1.165, 1.54) is 7.11 Å². The predicted molar refractivity (Wildman–Crippen MR) is 106 cm³/mol. The van der Waals surface area contributed by atoms with Crippen LogP contribution in [0.4, 0.5) is 0 Å². The van der Waals surface area contributed by atoms with Gasteiger partial charge in [0.1, 0.15) is 5.82 Å². The highest BCUT2D eigenvalue weighted by atomic mass is 16.5. The van der Waals surface area contributed by atoms with Crippen LogP contribution in [-0.4, -0.2) is 35.6 Å². The van der Waals surface area contributed by atoms with Crippen molar-refractivity contribution in [3.05, 3.63) is 63.7 Å². The molecule has 1 heterocycles.